The molecule has 9 heteroatoms. The molecule has 4 rings (SSSR count). The smallest absolute Gasteiger partial charge is 0.260 e. The third-order valence-electron chi connectivity index (χ3n) is 5.00. The average molecular weight is 438 g/mol. The minimum absolute atomic E-state index is 0.0278. The molecular formula is C22H20ClN5O3. The highest BCUT2D eigenvalue weighted by atomic mass is 35.5. The van der Waals surface area contributed by atoms with E-state index in [0.717, 1.165) is 5.56 Å². The number of halogens is 1. The van der Waals surface area contributed by atoms with Crippen LogP contribution in [0.25, 0.3) is 11.4 Å². The predicted molar refractivity (Wildman–Crippen MR) is 113 cm³/mol. The summed E-state index contributed by atoms with van der Waals surface area (Å²) in [6.45, 7) is 3.13. The molecule has 3 aromatic rings. The minimum Gasteiger partial charge on any atom is -0.484 e. The van der Waals surface area contributed by atoms with Crippen LogP contribution in [0.1, 0.15) is 11.5 Å². The number of ether oxygens (including phenoxy) is 1. The molecule has 0 unspecified atom stereocenters. The first-order valence-corrected chi connectivity index (χ1v) is 10.2. The molecule has 1 aromatic heterocycles. The second-order valence-corrected chi connectivity index (χ2v) is 7.54. The lowest BCUT2D eigenvalue weighted by Crippen LogP contribution is -2.49. The molecule has 2 heterocycles. The van der Waals surface area contributed by atoms with Crippen molar-refractivity contribution in [2.75, 3.05) is 32.8 Å². The first-order chi connectivity index (χ1) is 15.1. The van der Waals surface area contributed by atoms with Gasteiger partial charge < -0.3 is 14.2 Å². The Labute approximate surface area is 184 Å². The van der Waals surface area contributed by atoms with Crippen molar-refractivity contribution in [3.8, 4) is 23.2 Å². The fourth-order valence-corrected chi connectivity index (χ4v) is 3.37. The summed E-state index contributed by atoms with van der Waals surface area (Å²) in [7, 11) is 0. The molecule has 0 atom stereocenters. The van der Waals surface area contributed by atoms with Crippen molar-refractivity contribution in [2.24, 2.45) is 0 Å². The van der Waals surface area contributed by atoms with Crippen LogP contribution in [-0.4, -0.2) is 58.6 Å². The Bertz CT molecular complexity index is 1070. The van der Waals surface area contributed by atoms with Crippen molar-refractivity contribution in [1.82, 2.24) is 19.9 Å². The average Bonchev–Trinajstić information content (AvgIpc) is 3.27. The van der Waals surface area contributed by atoms with Gasteiger partial charge in [0.2, 0.25) is 11.7 Å². The highest BCUT2D eigenvalue weighted by Gasteiger charge is 2.23. The fraction of sp³-hybridized carbons (Fsp3) is 0.273. The molecule has 1 fully saturated rings. The van der Waals surface area contributed by atoms with E-state index in [4.69, 9.17) is 26.1 Å². The van der Waals surface area contributed by atoms with E-state index in [0.29, 0.717) is 60.8 Å². The zero-order valence-electron chi connectivity index (χ0n) is 16.7. The normalized spacial score (nSPS) is 14.3. The van der Waals surface area contributed by atoms with Gasteiger partial charge in [0.25, 0.3) is 5.91 Å². The largest absolute Gasteiger partial charge is 0.484 e. The van der Waals surface area contributed by atoms with Crippen molar-refractivity contribution < 1.29 is 14.1 Å². The summed E-state index contributed by atoms with van der Waals surface area (Å²) < 4.78 is 10.9. The zero-order chi connectivity index (χ0) is 21.6. The van der Waals surface area contributed by atoms with E-state index in [2.05, 4.69) is 15.0 Å². The van der Waals surface area contributed by atoms with Crippen LogP contribution in [0.4, 0.5) is 0 Å². The van der Waals surface area contributed by atoms with Crippen molar-refractivity contribution in [3.63, 3.8) is 0 Å². The molecule has 0 saturated carbocycles. The maximum atomic E-state index is 12.4. The van der Waals surface area contributed by atoms with E-state index in [1.807, 2.05) is 18.2 Å². The number of hydrogen-bond donors (Lipinski definition) is 0. The van der Waals surface area contributed by atoms with Gasteiger partial charge >= 0.3 is 0 Å². The number of amides is 1. The molecule has 8 nitrogen and oxygen atoms in total. The Kier molecular flexibility index (Phi) is 6.46. The highest BCUT2D eigenvalue weighted by molar-refractivity contribution is 6.30. The van der Waals surface area contributed by atoms with Gasteiger partial charge in [-0.1, -0.05) is 16.8 Å². The number of carbonyl (C=O) groups is 1. The summed E-state index contributed by atoms with van der Waals surface area (Å²) in [4.78, 5) is 20.8. The van der Waals surface area contributed by atoms with Crippen LogP contribution >= 0.6 is 11.6 Å². The lowest BCUT2D eigenvalue weighted by Gasteiger charge is -2.33. The lowest BCUT2D eigenvalue weighted by molar-refractivity contribution is -0.135. The molecule has 1 saturated heterocycles. The summed E-state index contributed by atoms with van der Waals surface area (Å²) in [5.74, 6) is 1.57. The number of nitrogens with zero attached hydrogens (tertiary/aromatic N) is 5. The topological polar surface area (TPSA) is 95.5 Å². The number of nitriles is 1. The van der Waals surface area contributed by atoms with Gasteiger partial charge in [-0.3, -0.25) is 9.69 Å². The van der Waals surface area contributed by atoms with Crippen LogP contribution in [0.5, 0.6) is 5.75 Å². The molecule has 1 aliphatic heterocycles. The minimum atomic E-state index is -0.0631. The van der Waals surface area contributed by atoms with Crippen LogP contribution in [0.3, 0.4) is 0 Å². The number of piperazine rings is 1. The summed E-state index contributed by atoms with van der Waals surface area (Å²) in [6, 6.07) is 16.0. The van der Waals surface area contributed by atoms with Crippen LogP contribution in [0, 0.1) is 11.3 Å². The Hall–Kier alpha value is -3.41. The summed E-state index contributed by atoms with van der Waals surface area (Å²) in [6.07, 6.45) is 0. The molecule has 0 aliphatic carbocycles. The quantitative estimate of drug-likeness (QED) is 0.584. The monoisotopic (exact) mass is 437 g/mol. The molecule has 0 bridgehead atoms. The van der Waals surface area contributed by atoms with Crippen molar-refractivity contribution in [1.29, 1.82) is 5.26 Å². The number of aromatic nitrogens is 2. The van der Waals surface area contributed by atoms with E-state index in [1.165, 1.54) is 0 Å². The van der Waals surface area contributed by atoms with Crippen molar-refractivity contribution >= 4 is 17.5 Å². The number of rotatable bonds is 6. The van der Waals surface area contributed by atoms with E-state index in [-0.39, 0.29) is 12.5 Å². The first-order valence-electron chi connectivity index (χ1n) is 9.82. The molecule has 1 aliphatic rings. The predicted octanol–water partition coefficient (Wildman–Crippen LogP) is 2.98. The van der Waals surface area contributed by atoms with Crippen molar-refractivity contribution in [3.05, 3.63) is 65.0 Å². The summed E-state index contributed by atoms with van der Waals surface area (Å²) in [5, 5.41) is 13.5. The van der Waals surface area contributed by atoms with E-state index < -0.39 is 0 Å². The molecule has 0 N–H and O–H groups in total. The third-order valence-corrected chi connectivity index (χ3v) is 5.25. The maximum Gasteiger partial charge on any atom is 0.260 e. The van der Waals surface area contributed by atoms with Gasteiger partial charge in [-0.25, -0.2) is 0 Å². The molecule has 1 amide bonds. The van der Waals surface area contributed by atoms with Gasteiger partial charge in [-0.15, -0.1) is 0 Å². The van der Waals surface area contributed by atoms with Gasteiger partial charge in [0.15, 0.2) is 6.61 Å². The standard InChI is InChI=1S/C22H20ClN5O3/c23-18-5-3-17(4-6-18)22-25-20(31-26-22)14-27-9-11-28(12-10-27)21(29)15-30-19-7-1-16(13-24)2-8-19/h1-8H,9-12,14-15H2. The van der Waals surface area contributed by atoms with Gasteiger partial charge in [-0.2, -0.15) is 10.2 Å². The maximum absolute atomic E-state index is 12.4. The lowest BCUT2D eigenvalue weighted by atomic mass is 10.2. The number of carbonyl (C=O) groups excluding carboxylic acids is 1. The Balaban J connectivity index is 1.23. The van der Waals surface area contributed by atoms with Crippen LogP contribution < -0.4 is 4.74 Å². The SMILES string of the molecule is N#Cc1ccc(OCC(=O)N2CCN(Cc3nc(-c4ccc(Cl)cc4)no3)CC2)cc1. The molecule has 0 radical (unpaired) electrons. The van der Waals surface area contributed by atoms with Gasteiger partial charge in [-0.05, 0) is 48.5 Å². The molecule has 31 heavy (non-hydrogen) atoms. The fourth-order valence-electron chi connectivity index (χ4n) is 3.24. The molecule has 2 aromatic carbocycles. The molecular weight excluding hydrogens is 418 g/mol. The second-order valence-electron chi connectivity index (χ2n) is 7.10. The van der Waals surface area contributed by atoms with E-state index in [9.17, 15) is 4.79 Å². The molecule has 158 valence electrons. The third kappa shape index (κ3) is 5.40. The van der Waals surface area contributed by atoms with Crippen LogP contribution in [0.15, 0.2) is 53.1 Å². The molecule has 0 spiro atoms. The Morgan fingerprint density at radius 1 is 1.10 bits per heavy atom. The number of benzene rings is 2. The van der Waals surface area contributed by atoms with Crippen LogP contribution in [0.2, 0.25) is 5.02 Å². The Morgan fingerprint density at radius 3 is 2.48 bits per heavy atom. The van der Waals surface area contributed by atoms with Crippen molar-refractivity contribution in [2.45, 2.75) is 6.54 Å². The summed E-state index contributed by atoms with van der Waals surface area (Å²) in [5.41, 5.74) is 1.40. The zero-order valence-corrected chi connectivity index (χ0v) is 17.5. The van der Waals surface area contributed by atoms with E-state index >= 15 is 0 Å². The Morgan fingerprint density at radius 2 is 1.81 bits per heavy atom. The highest BCUT2D eigenvalue weighted by Crippen LogP contribution is 2.19. The van der Waals surface area contributed by atoms with Gasteiger partial charge in [0.05, 0.1) is 18.2 Å². The first kappa shape index (κ1) is 20.8. The number of hydrogen-bond acceptors (Lipinski definition) is 7. The van der Waals surface area contributed by atoms with Gasteiger partial charge in [0, 0.05) is 36.8 Å². The van der Waals surface area contributed by atoms with Crippen LogP contribution in [-0.2, 0) is 11.3 Å². The van der Waals surface area contributed by atoms with Gasteiger partial charge in [0.1, 0.15) is 5.75 Å². The second kappa shape index (κ2) is 9.60. The summed E-state index contributed by atoms with van der Waals surface area (Å²) >= 11 is 5.91. The van der Waals surface area contributed by atoms with E-state index in [1.54, 1.807) is 41.3 Å².